The normalized spacial score (nSPS) is 25.6. The van der Waals surface area contributed by atoms with E-state index in [-0.39, 0.29) is 0 Å². The first-order chi connectivity index (χ1) is 13.3. The summed E-state index contributed by atoms with van der Waals surface area (Å²) < 4.78 is 5.49. The zero-order valence-corrected chi connectivity index (χ0v) is 15.9. The third kappa shape index (κ3) is 3.36. The lowest BCUT2D eigenvalue weighted by Crippen LogP contribution is -2.36. The number of hydrogen-bond donors (Lipinski definition) is 0. The highest BCUT2D eigenvalue weighted by atomic mass is 16.5. The van der Waals surface area contributed by atoms with E-state index in [1.165, 1.54) is 30.8 Å². The molecule has 3 fully saturated rings. The molecule has 1 aromatic carbocycles. The number of ether oxygens (including phenoxy) is 1. The van der Waals surface area contributed by atoms with Crippen LogP contribution in [0.5, 0.6) is 0 Å². The van der Waals surface area contributed by atoms with E-state index in [1.807, 2.05) is 6.20 Å². The Morgan fingerprint density at radius 2 is 1.52 bits per heavy atom. The van der Waals surface area contributed by atoms with Crippen molar-refractivity contribution in [1.29, 1.82) is 0 Å². The van der Waals surface area contributed by atoms with Crippen LogP contribution in [0.25, 0.3) is 0 Å². The lowest BCUT2D eigenvalue weighted by Gasteiger charge is -2.30. The van der Waals surface area contributed by atoms with Gasteiger partial charge in [0.15, 0.2) is 0 Å². The molecule has 1 aromatic heterocycles. The number of benzene rings is 1. The Hall–Kier alpha value is -2.27. The molecule has 3 saturated heterocycles. The Morgan fingerprint density at radius 3 is 2.33 bits per heavy atom. The summed E-state index contributed by atoms with van der Waals surface area (Å²) in [6.07, 6.45) is 4.51. The molecule has 5 heteroatoms. The van der Waals surface area contributed by atoms with Crippen LogP contribution in [0.1, 0.15) is 12.8 Å². The fourth-order valence-corrected chi connectivity index (χ4v) is 4.86. The minimum Gasteiger partial charge on any atom is -0.378 e. The van der Waals surface area contributed by atoms with Gasteiger partial charge in [-0.3, -0.25) is 0 Å². The van der Waals surface area contributed by atoms with Crippen molar-refractivity contribution in [3.8, 4) is 0 Å². The summed E-state index contributed by atoms with van der Waals surface area (Å²) in [7, 11) is 0. The Kier molecular flexibility index (Phi) is 4.40. The van der Waals surface area contributed by atoms with Gasteiger partial charge >= 0.3 is 0 Å². The van der Waals surface area contributed by atoms with Crippen LogP contribution in [-0.2, 0) is 4.74 Å². The van der Waals surface area contributed by atoms with Gasteiger partial charge in [-0.1, -0.05) is 18.2 Å². The largest absolute Gasteiger partial charge is 0.378 e. The van der Waals surface area contributed by atoms with E-state index >= 15 is 0 Å². The summed E-state index contributed by atoms with van der Waals surface area (Å²) in [5, 5.41) is 0. The Labute approximate surface area is 161 Å². The van der Waals surface area contributed by atoms with E-state index < -0.39 is 0 Å². The van der Waals surface area contributed by atoms with Gasteiger partial charge in [0.05, 0.1) is 13.2 Å². The first-order valence-electron chi connectivity index (χ1n) is 10.2. The van der Waals surface area contributed by atoms with Crippen LogP contribution < -0.4 is 14.7 Å². The van der Waals surface area contributed by atoms with E-state index in [1.54, 1.807) is 0 Å². The Morgan fingerprint density at radius 1 is 0.778 bits per heavy atom. The van der Waals surface area contributed by atoms with Gasteiger partial charge in [-0.2, -0.15) is 0 Å². The van der Waals surface area contributed by atoms with Crippen LogP contribution in [-0.4, -0.2) is 57.5 Å². The smallest absolute Gasteiger partial charge is 0.130 e. The summed E-state index contributed by atoms with van der Waals surface area (Å²) in [5.74, 6) is 1.13. The Bertz CT molecular complexity index is 777. The van der Waals surface area contributed by atoms with E-state index in [0.29, 0.717) is 5.41 Å². The second-order valence-electron chi connectivity index (χ2n) is 8.15. The van der Waals surface area contributed by atoms with Gasteiger partial charge in [0, 0.05) is 68.3 Å². The van der Waals surface area contributed by atoms with Crippen molar-refractivity contribution in [3.63, 3.8) is 0 Å². The molecule has 0 aliphatic carbocycles. The molecule has 0 bridgehead atoms. The van der Waals surface area contributed by atoms with Gasteiger partial charge in [0.1, 0.15) is 5.82 Å². The van der Waals surface area contributed by atoms with Crippen molar-refractivity contribution in [2.45, 2.75) is 12.8 Å². The predicted molar refractivity (Wildman–Crippen MR) is 110 cm³/mol. The van der Waals surface area contributed by atoms with Crippen LogP contribution >= 0.6 is 0 Å². The van der Waals surface area contributed by atoms with E-state index in [2.05, 4.69) is 57.2 Å². The molecule has 0 amide bonds. The fourth-order valence-electron chi connectivity index (χ4n) is 4.86. The molecule has 3 aliphatic heterocycles. The third-order valence-corrected chi connectivity index (χ3v) is 6.43. The van der Waals surface area contributed by atoms with Crippen LogP contribution in [0.3, 0.4) is 0 Å². The number of anilines is 3. The number of nitrogens with zero attached hydrogens (tertiary/aromatic N) is 4. The first-order valence-corrected chi connectivity index (χ1v) is 10.2. The standard InChI is InChI=1S/C22H28N4O/c1-2-4-19(5-3-1)25-10-7-22(17-25)8-11-26(18-22)21-16-20(6-9-23-21)24-12-14-27-15-13-24/h1-6,9,16H,7-8,10-15,17-18H2. The number of morpholine rings is 1. The molecule has 2 aromatic rings. The van der Waals surface area contributed by atoms with Crippen molar-refractivity contribution in [1.82, 2.24) is 4.98 Å². The van der Waals surface area contributed by atoms with Gasteiger partial charge in [0.2, 0.25) is 0 Å². The average molecular weight is 364 g/mol. The molecule has 0 saturated carbocycles. The molecule has 5 rings (SSSR count). The number of aromatic nitrogens is 1. The number of pyridine rings is 1. The maximum Gasteiger partial charge on any atom is 0.130 e. The molecule has 142 valence electrons. The highest BCUT2D eigenvalue weighted by Crippen LogP contribution is 2.42. The monoisotopic (exact) mass is 364 g/mol. The first kappa shape index (κ1) is 16.9. The van der Waals surface area contributed by atoms with Gasteiger partial charge in [-0.25, -0.2) is 4.98 Å². The minimum absolute atomic E-state index is 0.409. The fraction of sp³-hybridized carbons (Fsp3) is 0.500. The second kappa shape index (κ2) is 7.04. The van der Waals surface area contributed by atoms with Gasteiger partial charge in [0.25, 0.3) is 0 Å². The molecular weight excluding hydrogens is 336 g/mol. The highest BCUT2D eigenvalue weighted by Gasteiger charge is 2.43. The molecule has 1 spiro atoms. The zero-order chi connectivity index (χ0) is 18.1. The van der Waals surface area contributed by atoms with Crippen LogP contribution in [0.4, 0.5) is 17.2 Å². The van der Waals surface area contributed by atoms with E-state index in [4.69, 9.17) is 9.72 Å². The van der Waals surface area contributed by atoms with Gasteiger partial charge in [-0.05, 0) is 31.0 Å². The summed E-state index contributed by atoms with van der Waals surface area (Å²) in [6, 6.07) is 15.3. The summed E-state index contributed by atoms with van der Waals surface area (Å²) in [5.41, 5.74) is 3.05. The SMILES string of the molecule is c1ccc(N2CCC3(CCN(c4cc(N5CCOCC5)ccn4)C3)C2)cc1. The molecule has 1 atom stereocenters. The molecule has 27 heavy (non-hydrogen) atoms. The number of hydrogen-bond acceptors (Lipinski definition) is 5. The Balaban J connectivity index is 1.28. The predicted octanol–water partition coefficient (Wildman–Crippen LogP) is 3.03. The van der Waals surface area contributed by atoms with Crippen molar-refractivity contribution in [2.24, 2.45) is 5.41 Å². The quantitative estimate of drug-likeness (QED) is 0.836. The van der Waals surface area contributed by atoms with Gasteiger partial charge in [-0.15, -0.1) is 0 Å². The molecule has 0 N–H and O–H groups in total. The summed E-state index contributed by atoms with van der Waals surface area (Å²) in [6.45, 7) is 8.15. The molecule has 5 nitrogen and oxygen atoms in total. The van der Waals surface area contributed by atoms with Crippen molar-refractivity contribution in [3.05, 3.63) is 48.7 Å². The summed E-state index contributed by atoms with van der Waals surface area (Å²) >= 11 is 0. The van der Waals surface area contributed by atoms with Crippen LogP contribution in [0.2, 0.25) is 0 Å². The van der Waals surface area contributed by atoms with Crippen molar-refractivity contribution in [2.75, 3.05) is 67.2 Å². The molecule has 1 unspecified atom stereocenters. The lowest BCUT2D eigenvalue weighted by molar-refractivity contribution is 0.122. The number of rotatable bonds is 3. The van der Waals surface area contributed by atoms with Crippen molar-refractivity contribution >= 4 is 17.2 Å². The van der Waals surface area contributed by atoms with Crippen LogP contribution in [0, 0.1) is 5.41 Å². The average Bonchev–Trinajstić information content (AvgIpc) is 3.37. The number of para-hydroxylation sites is 1. The van der Waals surface area contributed by atoms with Crippen molar-refractivity contribution < 1.29 is 4.74 Å². The highest BCUT2D eigenvalue weighted by molar-refractivity contribution is 5.56. The van der Waals surface area contributed by atoms with E-state index in [9.17, 15) is 0 Å². The second-order valence-corrected chi connectivity index (χ2v) is 8.15. The van der Waals surface area contributed by atoms with Gasteiger partial charge < -0.3 is 19.4 Å². The van der Waals surface area contributed by atoms with Crippen LogP contribution in [0.15, 0.2) is 48.7 Å². The lowest BCUT2D eigenvalue weighted by atomic mass is 9.86. The maximum absolute atomic E-state index is 5.49. The molecule has 0 radical (unpaired) electrons. The minimum atomic E-state index is 0.409. The molecular formula is C22H28N4O. The molecule has 4 heterocycles. The zero-order valence-electron chi connectivity index (χ0n) is 15.9. The maximum atomic E-state index is 5.49. The molecule has 3 aliphatic rings. The van der Waals surface area contributed by atoms with E-state index in [0.717, 1.165) is 51.8 Å². The third-order valence-electron chi connectivity index (χ3n) is 6.43. The topological polar surface area (TPSA) is 31.8 Å². The summed E-state index contributed by atoms with van der Waals surface area (Å²) in [4.78, 5) is 12.2.